The lowest BCUT2D eigenvalue weighted by molar-refractivity contribution is 0.627. The molecule has 2 N–H and O–H groups in total. The minimum Gasteiger partial charge on any atom is -0.298 e. The van der Waals surface area contributed by atoms with Crippen LogP contribution in [0, 0.1) is 16.6 Å². The Hall–Kier alpha value is -1.16. The normalized spacial score (nSPS) is 9.69. The van der Waals surface area contributed by atoms with Crippen LogP contribution in [0.2, 0.25) is 0 Å². The molecule has 0 saturated heterocycles. The van der Waals surface area contributed by atoms with Crippen molar-refractivity contribution in [3.8, 4) is 0 Å². The van der Waals surface area contributed by atoms with E-state index in [2.05, 4.69) is 0 Å². The van der Waals surface area contributed by atoms with E-state index in [0.717, 1.165) is 11.8 Å². The first-order chi connectivity index (χ1) is 6.09. The summed E-state index contributed by atoms with van der Waals surface area (Å²) in [5, 5.41) is 15.2. The number of rotatable bonds is 1. The largest absolute Gasteiger partial charge is 0.298 e. The van der Waals surface area contributed by atoms with Gasteiger partial charge in [-0.2, -0.15) is 0 Å². The van der Waals surface area contributed by atoms with E-state index >= 15 is 0 Å². The first-order valence-corrected chi connectivity index (χ1v) is 4.49. The maximum absolute atomic E-state index is 12.7. The lowest BCUT2D eigenvalue weighted by atomic mass is 10.2. The molecular weight excluding hydrogens is 187 g/mol. The maximum atomic E-state index is 12.7. The van der Waals surface area contributed by atoms with Crippen LogP contribution in [0.15, 0.2) is 24.3 Å². The molecule has 0 aliphatic carbocycles. The molecule has 0 saturated carbocycles. The molecule has 2 nitrogen and oxygen atoms in total. The molecule has 0 heterocycles. The number of nitrogens with one attached hydrogen (secondary N) is 2. The molecule has 0 aromatic heterocycles. The van der Waals surface area contributed by atoms with Crippen LogP contribution in [-0.4, -0.2) is 10.1 Å². The standard InChI is InChI=1S/C9H9FN2S/c1-6(11)13-9(12)7-3-2-4-8(10)5-7/h2-5,11-12H,1H3. The zero-order chi connectivity index (χ0) is 9.84. The fraction of sp³-hybridized carbons (Fsp3) is 0.111. The summed E-state index contributed by atoms with van der Waals surface area (Å²) in [6.45, 7) is 1.60. The number of hydrogen-bond acceptors (Lipinski definition) is 3. The molecule has 4 heteroatoms. The first kappa shape index (κ1) is 9.92. The van der Waals surface area contributed by atoms with Crippen LogP contribution in [0.5, 0.6) is 0 Å². The second-order valence-electron chi connectivity index (χ2n) is 2.50. The Balaban J connectivity index is 2.83. The van der Waals surface area contributed by atoms with Crippen LogP contribution in [-0.2, 0) is 0 Å². The molecule has 0 bridgehead atoms. The third-order valence-corrected chi connectivity index (χ3v) is 2.09. The average Bonchev–Trinajstić information content (AvgIpc) is 2.03. The smallest absolute Gasteiger partial charge is 0.123 e. The Kier molecular flexibility index (Phi) is 3.19. The molecule has 13 heavy (non-hydrogen) atoms. The quantitative estimate of drug-likeness (QED) is 0.526. The highest BCUT2D eigenvalue weighted by Crippen LogP contribution is 2.13. The van der Waals surface area contributed by atoms with Gasteiger partial charge in [-0.1, -0.05) is 23.9 Å². The summed E-state index contributed by atoms with van der Waals surface area (Å²) in [4.78, 5) is 0. The molecular formula is C9H9FN2S. The van der Waals surface area contributed by atoms with Crippen LogP contribution < -0.4 is 0 Å². The molecule has 0 amide bonds. The predicted octanol–water partition coefficient (Wildman–Crippen LogP) is 2.88. The zero-order valence-electron chi connectivity index (χ0n) is 7.10. The van der Waals surface area contributed by atoms with Gasteiger partial charge in [-0.3, -0.25) is 10.8 Å². The van der Waals surface area contributed by atoms with Gasteiger partial charge in [-0.25, -0.2) is 4.39 Å². The van der Waals surface area contributed by atoms with Gasteiger partial charge in [0.25, 0.3) is 0 Å². The van der Waals surface area contributed by atoms with Crippen molar-refractivity contribution >= 4 is 21.8 Å². The molecule has 0 fully saturated rings. The highest BCUT2D eigenvalue weighted by atomic mass is 32.2. The molecule has 0 radical (unpaired) electrons. The molecule has 0 atom stereocenters. The second kappa shape index (κ2) is 4.18. The number of halogens is 1. The molecule has 0 unspecified atom stereocenters. The van der Waals surface area contributed by atoms with Gasteiger partial charge in [0.1, 0.15) is 10.9 Å². The molecule has 0 aliphatic heterocycles. The second-order valence-corrected chi connectivity index (χ2v) is 3.72. The molecule has 1 rings (SSSR count). The van der Waals surface area contributed by atoms with E-state index in [0.29, 0.717) is 10.6 Å². The van der Waals surface area contributed by atoms with Crippen molar-refractivity contribution in [2.45, 2.75) is 6.92 Å². The first-order valence-electron chi connectivity index (χ1n) is 3.67. The van der Waals surface area contributed by atoms with Crippen LogP contribution in [0.1, 0.15) is 12.5 Å². The predicted molar refractivity (Wildman–Crippen MR) is 54.2 cm³/mol. The summed E-state index contributed by atoms with van der Waals surface area (Å²) >= 11 is 1.02. The maximum Gasteiger partial charge on any atom is 0.123 e. The third kappa shape index (κ3) is 2.99. The van der Waals surface area contributed by atoms with Crippen molar-refractivity contribution in [3.63, 3.8) is 0 Å². The topological polar surface area (TPSA) is 47.7 Å². The van der Waals surface area contributed by atoms with Crippen molar-refractivity contribution in [1.29, 1.82) is 10.8 Å². The summed E-state index contributed by atoms with van der Waals surface area (Å²) in [5.74, 6) is -0.356. The van der Waals surface area contributed by atoms with Gasteiger partial charge >= 0.3 is 0 Å². The van der Waals surface area contributed by atoms with E-state index in [9.17, 15) is 4.39 Å². The Labute approximate surface area is 80.2 Å². The Morgan fingerprint density at radius 3 is 2.62 bits per heavy atom. The van der Waals surface area contributed by atoms with Crippen molar-refractivity contribution < 1.29 is 4.39 Å². The van der Waals surface area contributed by atoms with Crippen molar-refractivity contribution in [1.82, 2.24) is 0 Å². The van der Waals surface area contributed by atoms with Gasteiger partial charge in [0.05, 0.1) is 5.04 Å². The molecule has 1 aromatic rings. The number of hydrogen-bond donors (Lipinski definition) is 2. The minimum atomic E-state index is -0.356. The van der Waals surface area contributed by atoms with E-state index in [1.165, 1.54) is 12.1 Å². The summed E-state index contributed by atoms with van der Waals surface area (Å²) in [6.07, 6.45) is 0. The van der Waals surface area contributed by atoms with E-state index < -0.39 is 0 Å². The molecule has 0 aliphatic rings. The number of benzene rings is 1. The number of thioether (sulfide) groups is 1. The highest BCUT2D eigenvalue weighted by molar-refractivity contribution is 8.26. The lowest BCUT2D eigenvalue weighted by Crippen LogP contribution is -1.96. The molecule has 1 aromatic carbocycles. The molecule has 68 valence electrons. The summed E-state index contributed by atoms with van der Waals surface area (Å²) < 4.78 is 12.7. The molecule has 0 spiro atoms. The summed E-state index contributed by atoms with van der Waals surface area (Å²) in [7, 11) is 0. The average molecular weight is 196 g/mol. The summed E-state index contributed by atoms with van der Waals surface area (Å²) in [6, 6.07) is 5.83. The van der Waals surface area contributed by atoms with Crippen LogP contribution >= 0.6 is 11.8 Å². The van der Waals surface area contributed by atoms with Gasteiger partial charge in [0, 0.05) is 5.56 Å². The Morgan fingerprint density at radius 2 is 2.08 bits per heavy atom. The lowest BCUT2D eigenvalue weighted by Gasteiger charge is -2.01. The Bertz CT molecular complexity index is 349. The van der Waals surface area contributed by atoms with Gasteiger partial charge in [-0.15, -0.1) is 0 Å². The monoisotopic (exact) mass is 196 g/mol. The third-order valence-electron chi connectivity index (χ3n) is 1.34. The van der Waals surface area contributed by atoms with Crippen molar-refractivity contribution in [2.24, 2.45) is 0 Å². The SMILES string of the molecule is CC(=N)SC(=N)c1cccc(F)c1. The van der Waals surface area contributed by atoms with E-state index in [1.54, 1.807) is 19.1 Å². The van der Waals surface area contributed by atoms with Crippen LogP contribution in [0.25, 0.3) is 0 Å². The van der Waals surface area contributed by atoms with Gasteiger partial charge < -0.3 is 0 Å². The van der Waals surface area contributed by atoms with Crippen molar-refractivity contribution in [2.75, 3.05) is 0 Å². The minimum absolute atomic E-state index is 0.201. The van der Waals surface area contributed by atoms with E-state index in [1.807, 2.05) is 0 Å². The van der Waals surface area contributed by atoms with Crippen LogP contribution in [0.3, 0.4) is 0 Å². The fourth-order valence-corrected chi connectivity index (χ4v) is 1.39. The van der Waals surface area contributed by atoms with Crippen LogP contribution in [0.4, 0.5) is 4.39 Å². The fourth-order valence-electron chi connectivity index (χ4n) is 0.842. The highest BCUT2D eigenvalue weighted by Gasteiger charge is 2.03. The zero-order valence-corrected chi connectivity index (χ0v) is 7.91. The van der Waals surface area contributed by atoms with Crippen molar-refractivity contribution in [3.05, 3.63) is 35.6 Å². The van der Waals surface area contributed by atoms with E-state index in [-0.39, 0.29) is 10.9 Å². The van der Waals surface area contributed by atoms with Gasteiger partial charge in [0.2, 0.25) is 0 Å². The van der Waals surface area contributed by atoms with Gasteiger partial charge in [0.15, 0.2) is 0 Å². The Morgan fingerprint density at radius 1 is 1.38 bits per heavy atom. The van der Waals surface area contributed by atoms with Gasteiger partial charge in [-0.05, 0) is 19.1 Å². The van der Waals surface area contributed by atoms with E-state index in [4.69, 9.17) is 10.8 Å². The summed E-state index contributed by atoms with van der Waals surface area (Å²) in [5.41, 5.74) is 0.511.